The molecule has 1 atom stereocenters. The summed E-state index contributed by atoms with van der Waals surface area (Å²) >= 11 is 1.59. The molecule has 0 aromatic heterocycles. The van der Waals surface area contributed by atoms with Gasteiger partial charge in [0.2, 0.25) is 11.8 Å². The molecule has 0 saturated carbocycles. The Morgan fingerprint density at radius 2 is 1.52 bits per heavy atom. The summed E-state index contributed by atoms with van der Waals surface area (Å²) in [6, 6.07) is 19.7. The molecule has 2 amide bonds. The van der Waals surface area contributed by atoms with Crippen LogP contribution in [0.25, 0.3) is 0 Å². The zero-order chi connectivity index (χ0) is 21.1. The topological polar surface area (TPSA) is 49.4 Å². The average molecular weight is 413 g/mol. The molecule has 2 rings (SSSR count). The van der Waals surface area contributed by atoms with Crippen LogP contribution < -0.4 is 5.32 Å². The number of rotatable bonds is 11. The van der Waals surface area contributed by atoms with Crippen LogP contribution in [0.15, 0.2) is 60.7 Å². The molecule has 156 valence electrons. The van der Waals surface area contributed by atoms with Gasteiger partial charge in [-0.1, -0.05) is 74.5 Å². The van der Waals surface area contributed by atoms with Crippen molar-refractivity contribution in [3.05, 3.63) is 71.8 Å². The minimum absolute atomic E-state index is 0.00839. The van der Waals surface area contributed by atoms with Gasteiger partial charge in [0, 0.05) is 18.8 Å². The molecular formula is C24H32N2O2S. The third-order valence-electron chi connectivity index (χ3n) is 4.67. The maximum atomic E-state index is 13.0. The standard InChI is InChI=1S/C24H32N2O2S/c1-19(2)16-25-24(28)20(3)26(15-14-21-10-6-4-7-11-21)23(27)18-29-17-22-12-8-5-9-13-22/h4-13,19-20H,14-18H2,1-3H3,(H,25,28)/t20-/m0/s1. The predicted molar refractivity (Wildman–Crippen MR) is 122 cm³/mol. The molecular weight excluding hydrogens is 380 g/mol. The number of carbonyl (C=O) groups is 2. The van der Waals surface area contributed by atoms with Crippen LogP contribution >= 0.6 is 11.8 Å². The van der Waals surface area contributed by atoms with E-state index in [9.17, 15) is 9.59 Å². The molecule has 5 heteroatoms. The molecule has 0 aliphatic carbocycles. The van der Waals surface area contributed by atoms with Crippen LogP contribution in [0.1, 0.15) is 31.9 Å². The van der Waals surface area contributed by atoms with Crippen LogP contribution in [0.2, 0.25) is 0 Å². The van der Waals surface area contributed by atoms with Crippen molar-refractivity contribution in [3.63, 3.8) is 0 Å². The molecule has 2 aromatic carbocycles. The fraction of sp³-hybridized carbons (Fsp3) is 0.417. The predicted octanol–water partition coefficient (Wildman–Crippen LogP) is 4.15. The van der Waals surface area contributed by atoms with Crippen molar-refractivity contribution in [1.82, 2.24) is 10.2 Å². The summed E-state index contributed by atoms with van der Waals surface area (Å²) < 4.78 is 0. The van der Waals surface area contributed by atoms with Gasteiger partial charge in [-0.2, -0.15) is 0 Å². The van der Waals surface area contributed by atoms with Crippen molar-refractivity contribution in [3.8, 4) is 0 Å². The average Bonchev–Trinajstić information content (AvgIpc) is 2.73. The minimum Gasteiger partial charge on any atom is -0.354 e. The number of hydrogen-bond acceptors (Lipinski definition) is 3. The molecule has 0 radical (unpaired) electrons. The highest BCUT2D eigenvalue weighted by Crippen LogP contribution is 2.14. The van der Waals surface area contributed by atoms with E-state index in [1.165, 1.54) is 5.56 Å². The van der Waals surface area contributed by atoms with Gasteiger partial charge in [0.1, 0.15) is 6.04 Å². The Labute approximate surface area is 179 Å². The minimum atomic E-state index is -0.484. The summed E-state index contributed by atoms with van der Waals surface area (Å²) in [5.41, 5.74) is 2.36. The van der Waals surface area contributed by atoms with E-state index in [1.807, 2.05) is 43.3 Å². The maximum Gasteiger partial charge on any atom is 0.242 e. The number of benzene rings is 2. The molecule has 0 saturated heterocycles. The van der Waals surface area contributed by atoms with Crippen LogP contribution in [0.3, 0.4) is 0 Å². The zero-order valence-electron chi connectivity index (χ0n) is 17.6. The Bertz CT molecular complexity index is 750. The molecule has 0 aliphatic rings. The van der Waals surface area contributed by atoms with Crippen LogP contribution in [-0.2, 0) is 21.8 Å². The van der Waals surface area contributed by atoms with Gasteiger partial charge in [0.25, 0.3) is 0 Å². The first-order valence-electron chi connectivity index (χ1n) is 10.2. The Hall–Kier alpha value is -2.27. The van der Waals surface area contributed by atoms with Gasteiger partial charge in [-0.3, -0.25) is 9.59 Å². The second kappa shape index (κ2) is 12.3. The van der Waals surface area contributed by atoms with Crippen LogP contribution in [0.5, 0.6) is 0 Å². The summed E-state index contributed by atoms with van der Waals surface area (Å²) in [6.07, 6.45) is 0.734. The van der Waals surface area contributed by atoms with E-state index >= 15 is 0 Å². The van der Waals surface area contributed by atoms with Gasteiger partial charge >= 0.3 is 0 Å². The summed E-state index contributed by atoms with van der Waals surface area (Å²) in [5, 5.41) is 2.96. The van der Waals surface area contributed by atoms with E-state index in [4.69, 9.17) is 0 Å². The Balaban J connectivity index is 1.97. The van der Waals surface area contributed by atoms with Crippen LogP contribution in [-0.4, -0.2) is 41.6 Å². The van der Waals surface area contributed by atoms with Crippen molar-refractivity contribution in [1.29, 1.82) is 0 Å². The normalized spacial score (nSPS) is 11.9. The Morgan fingerprint density at radius 1 is 0.931 bits per heavy atom. The lowest BCUT2D eigenvalue weighted by Crippen LogP contribution is -2.50. The summed E-state index contributed by atoms with van der Waals surface area (Å²) in [4.78, 5) is 27.3. The highest BCUT2D eigenvalue weighted by atomic mass is 32.2. The Kier molecular flexibility index (Phi) is 9.78. The van der Waals surface area contributed by atoms with Crippen molar-refractivity contribution in [2.75, 3.05) is 18.8 Å². The molecule has 0 heterocycles. The van der Waals surface area contributed by atoms with E-state index < -0.39 is 6.04 Å². The fourth-order valence-corrected chi connectivity index (χ4v) is 3.81. The highest BCUT2D eigenvalue weighted by Gasteiger charge is 2.25. The number of amides is 2. The van der Waals surface area contributed by atoms with Gasteiger partial charge in [0.05, 0.1) is 5.75 Å². The molecule has 0 spiro atoms. The molecule has 4 nitrogen and oxygen atoms in total. The number of nitrogens with one attached hydrogen (secondary N) is 1. The van der Waals surface area contributed by atoms with E-state index in [0.29, 0.717) is 24.8 Å². The highest BCUT2D eigenvalue weighted by molar-refractivity contribution is 7.99. The first kappa shape index (κ1) is 23.0. The zero-order valence-corrected chi connectivity index (χ0v) is 18.5. The van der Waals surface area contributed by atoms with Gasteiger partial charge in [-0.05, 0) is 30.4 Å². The first-order chi connectivity index (χ1) is 14.0. The fourth-order valence-electron chi connectivity index (χ4n) is 2.94. The second-order valence-electron chi connectivity index (χ2n) is 7.62. The lowest BCUT2D eigenvalue weighted by molar-refractivity contribution is -0.138. The lowest BCUT2D eigenvalue weighted by atomic mass is 10.1. The van der Waals surface area contributed by atoms with Gasteiger partial charge < -0.3 is 10.2 Å². The van der Waals surface area contributed by atoms with Crippen molar-refractivity contribution in [2.45, 2.75) is 39.0 Å². The Morgan fingerprint density at radius 3 is 2.10 bits per heavy atom. The second-order valence-corrected chi connectivity index (χ2v) is 8.60. The van der Waals surface area contributed by atoms with Crippen LogP contribution in [0.4, 0.5) is 0 Å². The first-order valence-corrected chi connectivity index (χ1v) is 11.4. The lowest BCUT2D eigenvalue weighted by Gasteiger charge is -2.29. The smallest absolute Gasteiger partial charge is 0.242 e. The van der Waals surface area contributed by atoms with Gasteiger partial charge in [-0.15, -0.1) is 11.8 Å². The maximum absolute atomic E-state index is 13.0. The quantitative estimate of drug-likeness (QED) is 0.603. The molecule has 0 aliphatic heterocycles. The van der Waals surface area contributed by atoms with Crippen molar-refractivity contribution >= 4 is 23.6 Å². The third kappa shape index (κ3) is 8.32. The van der Waals surface area contributed by atoms with Gasteiger partial charge in [0.15, 0.2) is 0 Å². The molecule has 0 fully saturated rings. The molecule has 0 unspecified atom stereocenters. The van der Waals surface area contributed by atoms with Gasteiger partial charge in [-0.25, -0.2) is 0 Å². The molecule has 1 N–H and O–H groups in total. The van der Waals surface area contributed by atoms with E-state index in [1.54, 1.807) is 16.7 Å². The largest absolute Gasteiger partial charge is 0.354 e. The van der Waals surface area contributed by atoms with E-state index in [2.05, 4.69) is 43.4 Å². The monoisotopic (exact) mass is 412 g/mol. The number of thioether (sulfide) groups is 1. The third-order valence-corrected chi connectivity index (χ3v) is 5.66. The van der Waals surface area contributed by atoms with E-state index in [0.717, 1.165) is 17.7 Å². The van der Waals surface area contributed by atoms with Crippen molar-refractivity contribution in [2.24, 2.45) is 5.92 Å². The summed E-state index contributed by atoms with van der Waals surface area (Å²) in [6.45, 7) is 7.09. The van der Waals surface area contributed by atoms with E-state index in [-0.39, 0.29) is 11.8 Å². The number of hydrogen-bond donors (Lipinski definition) is 1. The summed E-state index contributed by atoms with van der Waals surface area (Å²) in [7, 11) is 0. The number of carbonyl (C=O) groups excluding carboxylic acids is 2. The molecule has 2 aromatic rings. The number of nitrogens with zero attached hydrogens (tertiary/aromatic N) is 1. The SMILES string of the molecule is CC(C)CNC(=O)[C@H](C)N(CCc1ccccc1)C(=O)CSCc1ccccc1. The van der Waals surface area contributed by atoms with Crippen molar-refractivity contribution < 1.29 is 9.59 Å². The molecule has 0 bridgehead atoms. The summed E-state index contributed by atoms with van der Waals surface area (Å²) in [5.74, 6) is 1.45. The molecule has 29 heavy (non-hydrogen) atoms. The van der Waals surface area contributed by atoms with Crippen LogP contribution in [0, 0.1) is 5.92 Å².